The summed E-state index contributed by atoms with van der Waals surface area (Å²) in [4.78, 5) is 11.0. The number of aromatic nitrogens is 2. The van der Waals surface area contributed by atoms with E-state index in [2.05, 4.69) is 60.1 Å². The minimum Gasteiger partial charge on any atom is -0.370 e. The van der Waals surface area contributed by atoms with E-state index >= 15 is 0 Å². The van der Waals surface area contributed by atoms with Gasteiger partial charge in [-0.3, -0.25) is 4.90 Å². The van der Waals surface area contributed by atoms with Crippen LogP contribution in [0.1, 0.15) is 40.2 Å². The molecular weight excluding hydrogens is 250 g/mol. The average molecular weight is 279 g/mol. The third-order valence-corrected chi connectivity index (χ3v) is 3.42. The van der Waals surface area contributed by atoms with Crippen molar-refractivity contribution >= 4 is 11.6 Å². The summed E-state index contributed by atoms with van der Waals surface area (Å²) < 4.78 is 0. The molecule has 0 bridgehead atoms. The molecule has 1 heterocycles. The van der Waals surface area contributed by atoms with Gasteiger partial charge in [-0.2, -0.15) is 0 Å². The minimum atomic E-state index is 0.556. The molecule has 0 aliphatic rings. The number of rotatable bonds is 8. The molecular formula is C15H29N5. The first-order valence-electron chi connectivity index (χ1n) is 7.52. The second-order valence-corrected chi connectivity index (χ2v) is 5.58. The minimum absolute atomic E-state index is 0.556. The van der Waals surface area contributed by atoms with E-state index < -0.39 is 0 Å². The van der Waals surface area contributed by atoms with Crippen molar-refractivity contribution in [1.82, 2.24) is 14.9 Å². The largest absolute Gasteiger partial charge is 0.370 e. The van der Waals surface area contributed by atoms with Crippen LogP contribution in [0.25, 0.3) is 0 Å². The van der Waals surface area contributed by atoms with Gasteiger partial charge in [-0.05, 0) is 41.5 Å². The molecule has 1 aromatic rings. The maximum Gasteiger partial charge on any atom is 0.134 e. The topological polar surface area (TPSA) is 53.1 Å². The van der Waals surface area contributed by atoms with Gasteiger partial charge in [-0.1, -0.05) is 0 Å². The molecule has 0 fully saturated rings. The normalized spacial score (nSPS) is 11.4. The van der Waals surface area contributed by atoms with Crippen LogP contribution in [0.5, 0.6) is 0 Å². The molecule has 0 saturated carbocycles. The number of hydrogen-bond acceptors (Lipinski definition) is 5. The maximum absolute atomic E-state index is 4.33. The molecule has 0 aromatic carbocycles. The van der Waals surface area contributed by atoms with Crippen LogP contribution in [0, 0.1) is 6.92 Å². The fourth-order valence-corrected chi connectivity index (χ4v) is 2.39. The number of hydrogen-bond donors (Lipinski definition) is 2. The van der Waals surface area contributed by atoms with Gasteiger partial charge >= 0.3 is 0 Å². The summed E-state index contributed by atoms with van der Waals surface area (Å²) in [5.41, 5.74) is 1.08. The van der Waals surface area contributed by atoms with E-state index in [4.69, 9.17) is 0 Å². The maximum atomic E-state index is 4.33. The summed E-state index contributed by atoms with van der Waals surface area (Å²) >= 11 is 0. The van der Waals surface area contributed by atoms with Gasteiger partial charge < -0.3 is 10.6 Å². The molecule has 0 spiro atoms. The highest BCUT2D eigenvalue weighted by Crippen LogP contribution is 2.17. The molecule has 114 valence electrons. The van der Waals surface area contributed by atoms with Crippen LogP contribution >= 0.6 is 0 Å². The Morgan fingerprint density at radius 3 is 2.10 bits per heavy atom. The zero-order valence-electron chi connectivity index (χ0n) is 13.7. The lowest BCUT2D eigenvalue weighted by Crippen LogP contribution is -2.40. The zero-order valence-corrected chi connectivity index (χ0v) is 13.7. The van der Waals surface area contributed by atoms with Gasteiger partial charge in [0.15, 0.2) is 0 Å². The molecule has 0 amide bonds. The van der Waals surface area contributed by atoms with Crippen LogP contribution in [0.3, 0.4) is 0 Å². The second-order valence-electron chi connectivity index (χ2n) is 5.58. The summed E-state index contributed by atoms with van der Waals surface area (Å²) in [6.45, 7) is 15.8. The van der Waals surface area contributed by atoms with Crippen LogP contribution in [0.2, 0.25) is 0 Å². The van der Waals surface area contributed by atoms with E-state index in [1.165, 1.54) is 0 Å². The Morgan fingerprint density at radius 1 is 1.05 bits per heavy atom. The van der Waals surface area contributed by atoms with E-state index in [0.717, 1.165) is 36.8 Å². The molecule has 5 nitrogen and oxygen atoms in total. The molecule has 0 aliphatic heterocycles. The smallest absolute Gasteiger partial charge is 0.134 e. The fraction of sp³-hybridized carbons (Fsp3) is 0.733. The van der Waals surface area contributed by atoms with Gasteiger partial charge in [0, 0.05) is 37.3 Å². The lowest BCUT2D eigenvalue weighted by Gasteiger charge is -2.30. The van der Waals surface area contributed by atoms with Crippen molar-refractivity contribution in [2.45, 2.75) is 53.6 Å². The van der Waals surface area contributed by atoms with E-state index in [9.17, 15) is 0 Å². The first kappa shape index (κ1) is 16.7. The van der Waals surface area contributed by atoms with Gasteiger partial charge in [0.1, 0.15) is 18.0 Å². The predicted octanol–water partition coefficient (Wildman–Crippen LogP) is 2.75. The highest BCUT2D eigenvalue weighted by molar-refractivity contribution is 5.56. The lowest BCUT2D eigenvalue weighted by atomic mass is 10.2. The average Bonchev–Trinajstić information content (AvgIpc) is 2.38. The number of nitrogens with one attached hydrogen (secondary N) is 2. The van der Waals surface area contributed by atoms with Crippen molar-refractivity contribution in [3.8, 4) is 0 Å². The van der Waals surface area contributed by atoms with Crippen LogP contribution in [-0.2, 0) is 0 Å². The number of anilines is 2. The molecule has 2 N–H and O–H groups in total. The zero-order chi connectivity index (χ0) is 15.1. The van der Waals surface area contributed by atoms with Gasteiger partial charge in [0.25, 0.3) is 0 Å². The number of nitrogens with zero attached hydrogens (tertiary/aromatic N) is 3. The Labute approximate surface area is 123 Å². The fourth-order valence-electron chi connectivity index (χ4n) is 2.39. The Bertz CT molecular complexity index is 395. The van der Waals surface area contributed by atoms with Gasteiger partial charge in [-0.15, -0.1) is 0 Å². The van der Waals surface area contributed by atoms with Crippen molar-refractivity contribution in [2.24, 2.45) is 0 Å². The molecule has 5 heteroatoms. The van der Waals surface area contributed by atoms with E-state index in [-0.39, 0.29) is 0 Å². The first-order valence-corrected chi connectivity index (χ1v) is 7.52. The Balaban J connectivity index is 2.59. The quantitative estimate of drug-likeness (QED) is 0.766. The summed E-state index contributed by atoms with van der Waals surface area (Å²) in [6, 6.07) is 1.11. The van der Waals surface area contributed by atoms with E-state index in [1.807, 2.05) is 6.92 Å². The third-order valence-electron chi connectivity index (χ3n) is 3.42. The summed E-state index contributed by atoms with van der Waals surface area (Å²) in [5.74, 6) is 1.83. The highest BCUT2D eigenvalue weighted by Gasteiger charge is 2.13. The molecule has 1 rings (SSSR count). The lowest BCUT2D eigenvalue weighted by molar-refractivity contribution is 0.182. The molecule has 0 aliphatic carbocycles. The molecule has 0 saturated heterocycles. The van der Waals surface area contributed by atoms with Gasteiger partial charge in [0.2, 0.25) is 0 Å². The van der Waals surface area contributed by atoms with Crippen molar-refractivity contribution in [3.63, 3.8) is 0 Å². The monoisotopic (exact) mass is 279 g/mol. The van der Waals surface area contributed by atoms with Crippen LogP contribution < -0.4 is 10.6 Å². The Kier molecular flexibility index (Phi) is 6.71. The molecule has 1 aromatic heterocycles. The predicted molar refractivity (Wildman–Crippen MR) is 86.4 cm³/mol. The van der Waals surface area contributed by atoms with Gasteiger partial charge in [0.05, 0.1) is 0 Å². The molecule has 20 heavy (non-hydrogen) atoms. The summed E-state index contributed by atoms with van der Waals surface area (Å²) in [7, 11) is 0. The van der Waals surface area contributed by atoms with Crippen LogP contribution in [0.15, 0.2) is 6.33 Å². The SMILES string of the molecule is CCNc1ncnc(NCCN(C(C)C)C(C)C)c1C. The second kappa shape index (κ2) is 8.04. The molecule has 0 atom stereocenters. The van der Waals surface area contributed by atoms with Crippen molar-refractivity contribution in [2.75, 3.05) is 30.3 Å². The van der Waals surface area contributed by atoms with Crippen molar-refractivity contribution in [3.05, 3.63) is 11.9 Å². The van der Waals surface area contributed by atoms with Crippen molar-refractivity contribution < 1.29 is 0 Å². The summed E-state index contributed by atoms with van der Waals surface area (Å²) in [5, 5.41) is 6.67. The molecule has 0 radical (unpaired) electrons. The van der Waals surface area contributed by atoms with Gasteiger partial charge in [-0.25, -0.2) is 9.97 Å². The van der Waals surface area contributed by atoms with E-state index in [1.54, 1.807) is 6.33 Å². The Hall–Kier alpha value is -1.36. The first-order chi connectivity index (χ1) is 9.47. The molecule has 0 unspecified atom stereocenters. The Morgan fingerprint density at radius 2 is 1.60 bits per heavy atom. The summed E-state index contributed by atoms with van der Waals surface area (Å²) in [6.07, 6.45) is 1.61. The standard InChI is InChI=1S/C15H29N5/c1-7-16-14-13(6)15(19-10-18-14)17-8-9-20(11(2)3)12(4)5/h10-12H,7-9H2,1-6H3,(H2,16,17,18,19). The van der Waals surface area contributed by atoms with Crippen molar-refractivity contribution in [1.29, 1.82) is 0 Å². The highest BCUT2D eigenvalue weighted by atomic mass is 15.2. The van der Waals surface area contributed by atoms with Crippen LogP contribution in [-0.4, -0.2) is 46.6 Å². The third kappa shape index (κ3) is 4.63. The van der Waals surface area contributed by atoms with Crippen LogP contribution in [0.4, 0.5) is 11.6 Å². The van der Waals surface area contributed by atoms with E-state index in [0.29, 0.717) is 12.1 Å².